The highest BCUT2D eigenvalue weighted by atomic mass is 16.5. The fourth-order valence-electron chi connectivity index (χ4n) is 3.06. The van der Waals surface area contributed by atoms with Crippen molar-refractivity contribution in [3.63, 3.8) is 0 Å². The van der Waals surface area contributed by atoms with Crippen LogP contribution in [0.3, 0.4) is 0 Å². The molecule has 5 heteroatoms. The number of ether oxygens (including phenoxy) is 1. The van der Waals surface area contributed by atoms with E-state index in [1.807, 2.05) is 30.3 Å². The summed E-state index contributed by atoms with van der Waals surface area (Å²) in [6.07, 6.45) is 1.14. The highest BCUT2D eigenvalue weighted by molar-refractivity contribution is 6.28. The number of carbonyl (C=O) groups excluding carboxylic acids is 2. The summed E-state index contributed by atoms with van der Waals surface area (Å²) in [6.45, 7) is 0. The van der Waals surface area contributed by atoms with Crippen molar-refractivity contribution in [1.82, 2.24) is 4.90 Å². The van der Waals surface area contributed by atoms with E-state index in [1.165, 1.54) is 16.9 Å². The van der Waals surface area contributed by atoms with E-state index in [1.54, 1.807) is 30.3 Å². The Balaban J connectivity index is 1.85. The van der Waals surface area contributed by atoms with Gasteiger partial charge in [-0.2, -0.15) is 0 Å². The molecule has 3 amide bonds. The van der Waals surface area contributed by atoms with Crippen molar-refractivity contribution in [3.05, 3.63) is 71.4 Å². The second kappa shape index (κ2) is 5.07. The Morgan fingerprint density at radius 2 is 1.65 bits per heavy atom. The van der Waals surface area contributed by atoms with Crippen molar-refractivity contribution in [2.24, 2.45) is 0 Å². The Morgan fingerprint density at radius 3 is 2.39 bits per heavy atom. The van der Waals surface area contributed by atoms with Crippen LogP contribution in [0.4, 0.5) is 10.5 Å². The summed E-state index contributed by atoms with van der Waals surface area (Å²) < 4.78 is 5.52. The van der Waals surface area contributed by atoms with Gasteiger partial charge in [0.25, 0.3) is 5.91 Å². The van der Waals surface area contributed by atoms with Crippen LogP contribution in [-0.2, 0) is 9.53 Å². The van der Waals surface area contributed by atoms with Gasteiger partial charge >= 0.3 is 6.03 Å². The number of anilines is 1. The lowest BCUT2D eigenvalue weighted by Gasteiger charge is -2.30. The number of hydrogen-bond donors (Lipinski definition) is 0. The van der Waals surface area contributed by atoms with E-state index in [0.717, 1.165) is 11.1 Å². The lowest BCUT2D eigenvalue weighted by Crippen LogP contribution is -2.36. The molecular formula is C18H14N2O3. The van der Waals surface area contributed by atoms with Crippen LogP contribution in [0.2, 0.25) is 0 Å². The molecule has 4 rings (SSSR count). The number of hydrogen-bond acceptors (Lipinski definition) is 3. The number of nitrogens with zero attached hydrogens (tertiary/aromatic N) is 2. The second-order valence-corrected chi connectivity index (χ2v) is 5.38. The number of imide groups is 1. The molecule has 0 spiro atoms. The van der Waals surface area contributed by atoms with Gasteiger partial charge in [-0.15, -0.1) is 0 Å². The third-order valence-electron chi connectivity index (χ3n) is 4.11. The van der Waals surface area contributed by atoms with Crippen LogP contribution in [0.15, 0.2) is 60.3 Å². The maximum atomic E-state index is 12.8. The zero-order valence-electron chi connectivity index (χ0n) is 12.5. The molecule has 2 aliphatic heterocycles. The van der Waals surface area contributed by atoms with Gasteiger partial charge in [-0.05, 0) is 23.8 Å². The number of amides is 3. The molecule has 23 heavy (non-hydrogen) atoms. The van der Waals surface area contributed by atoms with Crippen LogP contribution in [0, 0.1) is 0 Å². The van der Waals surface area contributed by atoms with E-state index < -0.39 is 12.3 Å². The van der Waals surface area contributed by atoms with Crippen molar-refractivity contribution >= 4 is 23.7 Å². The molecule has 0 bridgehead atoms. The molecule has 0 N–H and O–H groups in total. The Bertz CT molecular complexity index is 829. The number of methoxy groups -OCH3 is 1. The highest BCUT2D eigenvalue weighted by Gasteiger charge is 2.48. The van der Waals surface area contributed by atoms with Crippen LogP contribution in [-0.4, -0.2) is 23.9 Å². The first-order valence-electron chi connectivity index (χ1n) is 7.28. The molecule has 2 heterocycles. The van der Waals surface area contributed by atoms with E-state index >= 15 is 0 Å². The van der Waals surface area contributed by atoms with Crippen molar-refractivity contribution < 1.29 is 14.3 Å². The molecule has 0 aromatic heterocycles. The molecule has 1 unspecified atom stereocenters. The Morgan fingerprint density at radius 1 is 0.957 bits per heavy atom. The SMILES string of the molecule is COC1c2ccccc2C=C2C(=O)N(c3ccccc3)C(=O)N21. The van der Waals surface area contributed by atoms with E-state index in [-0.39, 0.29) is 5.91 Å². The molecule has 0 aliphatic carbocycles. The fraction of sp³-hybridized carbons (Fsp3) is 0.111. The highest BCUT2D eigenvalue weighted by Crippen LogP contribution is 2.40. The molecule has 5 nitrogen and oxygen atoms in total. The monoisotopic (exact) mass is 306 g/mol. The predicted molar refractivity (Wildman–Crippen MR) is 85.3 cm³/mol. The first kappa shape index (κ1) is 13.7. The van der Waals surface area contributed by atoms with Crippen molar-refractivity contribution in [2.75, 3.05) is 12.0 Å². The summed E-state index contributed by atoms with van der Waals surface area (Å²) in [5.74, 6) is -0.335. The maximum absolute atomic E-state index is 12.8. The first-order valence-corrected chi connectivity index (χ1v) is 7.28. The molecule has 2 aliphatic rings. The molecule has 2 aromatic rings. The second-order valence-electron chi connectivity index (χ2n) is 5.38. The number of fused-ring (bicyclic) bond motifs is 2. The Hall–Kier alpha value is -2.92. The van der Waals surface area contributed by atoms with Crippen LogP contribution in [0.5, 0.6) is 0 Å². The van der Waals surface area contributed by atoms with Crippen molar-refractivity contribution in [2.45, 2.75) is 6.23 Å². The van der Waals surface area contributed by atoms with E-state index in [0.29, 0.717) is 11.4 Å². The molecule has 114 valence electrons. The molecular weight excluding hydrogens is 292 g/mol. The van der Waals surface area contributed by atoms with Gasteiger partial charge < -0.3 is 4.74 Å². The zero-order chi connectivity index (χ0) is 16.0. The van der Waals surface area contributed by atoms with Crippen LogP contribution < -0.4 is 4.90 Å². The quantitative estimate of drug-likeness (QED) is 0.801. The number of rotatable bonds is 2. The largest absolute Gasteiger partial charge is 0.357 e. The van der Waals surface area contributed by atoms with Gasteiger partial charge in [-0.1, -0.05) is 42.5 Å². The summed E-state index contributed by atoms with van der Waals surface area (Å²) in [6, 6.07) is 16.1. The van der Waals surface area contributed by atoms with Gasteiger partial charge in [0.05, 0.1) is 5.69 Å². The van der Waals surface area contributed by atoms with Gasteiger partial charge in [0.2, 0.25) is 0 Å². The van der Waals surface area contributed by atoms with Gasteiger partial charge in [-0.25, -0.2) is 9.69 Å². The number of carbonyl (C=O) groups is 2. The van der Waals surface area contributed by atoms with Gasteiger partial charge in [0, 0.05) is 12.7 Å². The average Bonchev–Trinajstić information content (AvgIpc) is 2.84. The predicted octanol–water partition coefficient (Wildman–Crippen LogP) is 3.15. The summed E-state index contributed by atoms with van der Waals surface area (Å²) >= 11 is 0. The summed E-state index contributed by atoms with van der Waals surface area (Å²) in [5, 5.41) is 0. The van der Waals surface area contributed by atoms with Crippen molar-refractivity contribution in [1.29, 1.82) is 0 Å². The van der Waals surface area contributed by atoms with Gasteiger partial charge in [-0.3, -0.25) is 9.69 Å². The summed E-state index contributed by atoms with van der Waals surface area (Å²) in [7, 11) is 1.54. The van der Waals surface area contributed by atoms with Gasteiger partial charge in [0.15, 0.2) is 6.23 Å². The lowest BCUT2D eigenvalue weighted by atomic mass is 10.0. The van der Waals surface area contributed by atoms with Crippen LogP contribution in [0.25, 0.3) is 6.08 Å². The maximum Gasteiger partial charge on any atom is 0.338 e. The first-order chi connectivity index (χ1) is 11.2. The fourth-order valence-corrected chi connectivity index (χ4v) is 3.06. The van der Waals surface area contributed by atoms with Crippen LogP contribution in [0.1, 0.15) is 17.4 Å². The van der Waals surface area contributed by atoms with Crippen molar-refractivity contribution in [3.8, 4) is 0 Å². The third kappa shape index (κ3) is 1.90. The normalized spacial score (nSPS) is 19.5. The molecule has 2 aromatic carbocycles. The summed E-state index contributed by atoms with van der Waals surface area (Å²) in [5.41, 5.74) is 2.65. The van der Waals surface area contributed by atoms with E-state index in [9.17, 15) is 9.59 Å². The molecule has 1 fully saturated rings. The average molecular weight is 306 g/mol. The zero-order valence-corrected chi connectivity index (χ0v) is 12.5. The standard InChI is InChI=1S/C18H14N2O3/c1-23-17-14-10-6-5-7-12(14)11-15-16(21)19(18(22)20(15)17)13-8-3-2-4-9-13/h2-11,17H,1H3. The minimum Gasteiger partial charge on any atom is -0.357 e. The molecule has 0 saturated carbocycles. The number of benzene rings is 2. The smallest absolute Gasteiger partial charge is 0.338 e. The number of para-hydroxylation sites is 1. The van der Waals surface area contributed by atoms with Gasteiger partial charge in [0.1, 0.15) is 5.70 Å². The minimum atomic E-state index is -0.601. The van der Waals surface area contributed by atoms with E-state index in [4.69, 9.17) is 4.74 Å². The van der Waals surface area contributed by atoms with E-state index in [2.05, 4.69) is 0 Å². The molecule has 0 radical (unpaired) electrons. The Kier molecular flexibility index (Phi) is 3.02. The third-order valence-corrected chi connectivity index (χ3v) is 4.11. The topological polar surface area (TPSA) is 49.9 Å². The van der Waals surface area contributed by atoms with Crippen LogP contribution >= 0.6 is 0 Å². The molecule has 1 saturated heterocycles. The summed E-state index contributed by atoms with van der Waals surface area (Å²) in [4.78, 5) is 28.2. The number of urea groups is 1. The minimum absolute atomic E-state index is 0.335. The lowest BCUT2D eigenvalue weighted by molar-refractivity contribution is -0.115. The Labute approximate surface area is 133 Å². The molecule has 1 atom stereocenters.